The van der Waals surface area contributed by atoms with E-state index in [-0.39, 0.29) is 24.4 Å². The Kier molecular flexibility index (Phi) is 5.07. The molecular weight excluding hydrogens is 354 g/mol. The summed E-state index contributed by atoms with van der Waals surface area (Å²) in [6.45, 7) is 3.84. The normalized spacial score (nSPS) is 11.1. The SMILES string of the molecule is Cc1nc2c(c(C)c1CC(=O)NCCc1cc(F)cc(F)c1)c(=O)[nH]n2C. The average molecular weight is 374 g/mol. The van der Waals surface area contributed by atoms with E-state index >= 15 is 0 Å². The van der Waals surface area contributed by atoms with Crippen LogP contribution in [0, 0.1) is 25.5 Å². The summed E-state index contributed by atoms with van der Waals surface area (Å²) < 4.78 is 27.9. The Balaban J connectivity index is 1.71. The van der Waals surface area contributed by atoms with E-state index in [0.29, 0.717) is 34.3 Å². The Morgan fingerprint density at radius 3 is 2.56 bits per heavy atom. The number of aromatic nitrogens is 3. The third kappa shape index (κ3) is 3.89. The number of benzene rings is 1. The van der Waals surface area contributed by atoms with Gasteiger partial charge in [-0.2, -0.15) is 0 Å². The van der Waals surface area contributed by atoms with Gasteiger partial charge in [0, 0.05) is 25.4 Å². The lowest BCUT2D eigenvalue weighted by molar-refractivity contribution is -0.120. The molecule has 142 valence electrons. The van der Waals surface area contributed by atoms with Crippen LogP contribution in [0.1, 0.15) is 22.4 Å². The molecule has 0 aliphatic rings. The van der Waals surface area contributed by atoms with Crippen LogP contribution in [0.2, 0.25) is 0 Å². The van der Waals surface area contributed by atoms with Crippen molar-refractivity contribution >= 4 is 16.9 Å². The number of hydrogen-bond donors (Lipinski definition) is 2. The Morgan fingerprint density at radius 1 is 1.22 bits per heavy atom. The molecule has 0 saturated heterocycles. The summed E-state index contributed by atoms with van der Waals surface area (Å²) in [6, 6.07) is 3.29. The van der Waals surface area contributed by atoms with Crippen molar-refractivity contribution < 1.29 is 13.6 Å². The van der Waals surface area contributed by atoms with E-state index in [1.807, 2.05) is 0 Å². The average Bonchev–Trinajstić information content (AvgIpc) is 2.84. The van der Waals surface area contributed by atoms with Crippen LogP contribution >= 0.6 is 0 Å². The summed E-state index contributed by atoms with van der Waals surface area (Å²) >= 11 is 0. The fourth-order valence-corrected chi connectivity index (χ4v) is 3.23. The number of halogens is 2. The quantitative estimate of drug-likeness (QED) is 0.717. The zero-order valence-corrected chi connectivity index (χ0v) is 15.3. The van der Waals surface area contributed by atoms with E-state index in [1.54, 1.807) is 25.6 Å². The maximum atomic E-state index is 13.2. The minimum atomic E-state index is -0.643. The topological polar surface area (TPSA) is 79.8 Å². The highest BCUT2D eigenvalue weighted by Crippen LogP contribution is 2.20. The third-order valence-electron chi connectivity index (χ3n) is 4.57. The van der Waals surface area contributed by atoms with Crippen molar-refractivity contribution in [1.82, 2.24) is 20.1 Å². The Bertz CT molecular complexity index is 1070. The molecule has 0 saturated carbocycles. The zero-order chi connectivity index (χ0) is 19.7. The van der Waals surface area contributed by atoms with Gasteiger partial charge in [0.05, 0.1) is 11.8 Å². The highest BCUT2D eigenvalue weighted by atomic mass is 19.1. The van der Waals surface area contributed by atoms with E-state index < -0.39 is 11.6 Å². The molecular formula is C19H20F2N4O2. The second-order valence-corrected chi connectivity index (χ2v) is 6.55. The third-order valence-corrected chi connectivity index (χ3v) is 4.57. The van der Waals surface area contributed by atoms with Crippen molar-refractivity contribution in [2.75, 3.05) is 6.54 Å². The minimum absolute atomic E-state index is 0.0758. The van der Waals surface area contributed by atoms with Crippen LogP contribution in [-0.2, 0) is 24.7 Å². The largest absolute Gasteiger partial charge is 0.355 e. The fraction of sp³-hybridized carbons (Fsp3) is 0.316. The van der Waals surface area contributed by atoms with Gasteiger partial charge in [0.1, 0.15) is 11.6 Å². The predicted octanol–water partition coefficient (Wildman–Crippen LogP) is 2.06. The van der Waals surface area contributed by atoms with Crippen molar-refractivity contribution in [3.05, 3.63) is 62.6 Å². The monoisotopic (exact) mass is 374 g/mol. The molecule has 0 fully saturated rings. The van der Waals surface area contributed by atoms with Gasteiger partial charge in [-0.15, -0.1) is 0 Å². The number of nitrogens with zero attached hydrogens (tertiary/aromatic N) is 2. The maximum Gasteiger partial charge on any atom is 0.273 e. The molecule has 1 aromatic carbocycles. The Hall–Kier alpha value is -3.03. The summed E-state index contributed by atoms with van der Waals surface area (Å²) in [4.78, 5) is 28.8. The Labute approximate surface area is 154 Å². The van der Waals surface area contributed by atoms with Gasteiger partial charge in [0.2, 0.25) is 5.91 Å². The number of amides is 1. The molecule has 1 amide bonds. The molecule has 0 spiro atoms. The van der Waals surface area contributed by atoms with Gasteiger partial charge < -0.3 is 5.32 Å². The zero-order valence-electron chi connectivity index (χ0n) is 15.3. The first-order valence-corrected chi connectivity index (χ1v) is 8.52. The lowest BCUT2D eigenvalue weighted by atomic mass is 10.0. The first-order valence-electron chi connectivity index (χ1n) is 8.52. The Morgan fingerprint density at radius 2 is 1.89 bits per heavy atom. The first-order chi connectivity index (χ1) is 12.8. The number of carbonyl (C=O) groups excluding carboxylic acids is 1. The van der Waals surface area contributed by atoms with Gasteiger partial charge in [-0.3, -0.25) is 19.4 Å². The first kappa shape index (κ1) is 18.8. The molecule has 0 aliphatic heterocycles. The fourth-order valence-electron chi connectivity index (χ4n) is 3.23. The summed E-state index contributed by atoms with van der Waals surface area (Å²) in [6.07, 6.45) is 0.389. The summed E-state index contributed by atoms with van der Waals surface area (Å²) in [7, 11) is 1.71. The van der Waals surface area contributed by atoms with E-state index in [2.05, 4.69) is 15.4 Å². The molecule has 0 unspecified atom stereocenters. The highest BCUT2D eigenvalue weighted by Gasteiger charge is 2.17. The molecule has 2 aromatic heterocycles. The number of H-pyrrole nitrogens is 1. The lowest BCUT2D eigenvalue weighted by Gasteiger charge is -2.11. The van der Waals surface area contributed by atoms with Gasteiger partial charge in [-0.05, 0) is 49.1 Å². The predicted molar refractivity (Wildman–Crippen MR) is 97.6 cm³/mol. The van der Waals surface area contributed by atoms with Gasteiger partial charge in [0.15, 0.2) is 5.65 Å². The minimum Gasteiger partial charge on any atom is -0.355 e. The van der Waals surface area contributed by atoms with Crippen LogP contribution in [0.4, 0.5) is 8.78 Å². The van der Waals surface area contributed by atoms with Crippen molar-refractivity contribution in [2.45, 2.75) is 26.7 Å². The molecule has 8 heteroatoms. The number of aryl methyl sites for hydroxylation is 3. The smallest absolute Gasteiger partial charge is 0.273 e. The van der Waals surface area contributed by atoms with Gasteiger partial charge in [-0.25, -0.2) is 13.8 Å². The molecule has 6 nitrogen and oxygen atoms in total. The van der Waals surface area contributed by atoms with Crippen molar-refractivity contribution in [3.63, 3.8) is 0 Å². The van der Waals surface area contributed by atoms with Gasteiger partial charge in [-0.1, -0.05) is 0 Å². The van der Waals surface area contributed by atoms with Crippen LogP contribution in [0.5, 0.6) is 0 Å². The number of hydrogen-bond acceptors (Lipinski definition) is 3. The van der Waals surface area contributed by atoms with E-state index in [4.69, 9.17) is 0 Å². The second-order valence-electron chi connectivity index (χ2n) is 6.55. The highest BCUT2D eigenvalue weighted by molar-refractivity contribution is 5.84. The van der Waals surface area contributed by atoms with Crippen LogP contribution < -0.4 is 10.9 Å². The molecule has 3 aromatic rings. The summed E-state index contributed by atoms with van der Waals surface area (Å²) in [5.41, 5.74) is 2.88. The molecule has 0 aliphatic carbocycles. The van der Waals surface area contributed by atoms with Crippen LogP contribution in [0.25, 0.3) is 11.0 Å². The maximum absolute atomic E-state index is 13.2. The number of nitrogens with one attached hydrogen (secondary N) is 2. The van der Waals surface area contributed by atoms with Crippen molar-refractivity contribution in [1.29, 1.82) is 0 Å². The lowest BCUT2D eigenvalue weighted by Crippen LogP contribution is -2.28. The van der Waals surface area contributed by atoms with E-state index in [0.717, 1.165) is 11.6 Å². The number of aromatic amines is 1. The number of fused-ring (bicyclic) bond motifs is 1. The number of carbonyl (C=O) groups is 1. The van der Waals surface area contributed by atoms with E-state index in [1.165, 1.54) is 12.1 Å². The van der Waals surface area contributed by atoms with Crippen LogP contribution in [0.3, 0.4) is 0 Å². The van der Waals surface area contributed by atoms with E-state index in [9.17, 15) is 18.4 Å². The van der Waals surface area contributed by atoms with Gasteiger partial charge >= 0.3 is 0 Å². The molecule has 2 N–H and O–H groups in total. The second kappa shape index (κ2) is 7.30. The molecule has 3 rings (SSSR count). The summed E-state index contributed by atoms with van der Waals surface area (Å²) in [5.74, 6) is -1.53. The molecule has 27 heavy (non-hydrogen) atoms. The number of pyridine rings is 1. The van der Waals surface area contributed by atoms with Crippen molar-refractivity contribution in [3.8, 4) is 0 Å². The van der Waals surface area contributed by atoms with Crippen molar-refractivity contribution in [2.24, 2.45) is 7.05 Å². The van der Waals surface area contributed by atoms with Crippen LogP contribution in [0.15, 0.2) is 23.0 Å². The van der Waals surface area contributed by atoms with Crippen LogP contribution in [-0.4, -0.2) is 27.2 Å². The molecule has 0 atom stereocenters. The molecule has 2 heterocycles. The molecule has 0 radical (unpaired) electrons. The summed E-state index contributed by atoms with van der Waals surface area (Å²) in [5, 5.41) is 5.87. The molecule has 0 bridgehead atoms. The number of rotatable bonds is 5. The van der Waals surface area contributed by atoms with Gasteiger partial charge in [0.25, 0.3) is 5.56 Å². The standard InChI is InChI=1S/C19H20F2N4O2/c1-10-15(11(2)23-18-17(10)19(27)24-25(18)3)9-16(26)22-5-4-12-6-13(20)8-14(21)7-12/h6-8H,4-5,9H2,1-3H3,(H,22,26)(H,24,27).